The number of halogens is 2. The second-order valence-corrected chi connectivity index (χ2v) is 4.71. The summed E-state index contributed by atoms with van der Waals surface area (Å²) in [7, 11) is 0. The van der Waals surface area contributed by atoms with Crippen molar-refractivity contribution in [2.75, 3.05) is 30.0 Å². The fourth-order valence-corrected chi connectivity index (χ4v) is 2.32. The van der Waals surface area contributed by atoms with Gasteiger partial charge in [-0.2, -0.15) is 0 Å². The molecule has 94 valence electrons. The van der Waals surface area contributed by atoms with Crippen molar-refractivity contribution in [1.29, 1.82) is 0 Å². The molecule has 1 fully saturated rings. The molecule has 17 heavy (non-hydrogen) atoms. The molecule has 0 saturated carbocycles. The number of ether oxygens (including phenoxy) is 1. The standard InChI is InChI=1S/C10H14Cl2N4O/c1-6-5-16(2-3-17-6)10-8(12)4-7(11)9(14-10)15-13/h4,6H,2-3,5,13H2,1H3,(H,14,15). The molecular weight excluding hydrogens is 263 g/mol. The van der Waals surface area contributed by atoms with Crippen LogP contribution in [0.5, 0.6) is 0 Å². The van der Waals surface area contributed by atoms with Crippen molar-refractivity contribution in [3.8, 4) is 0 Å². The molecule has 1 aromatic heterocycles. The van der Waals surface area contributed by atoms with Gasteiger partial charge in [-0.3, -0.25) is 0 Å². The summed E-state index contributed by atoms with van der Waals surface area (Å²) >= 11 is 12.1. The molecule has 1 aliphatic heterocycles. The predicted octanol–water partition coefficient (Wildman–Crippen LogP) is 1.90. The molecule has 1 unspecified atom stereocenters. The minimum Gasteiger partial charge on any atom is -0.375 e. The Morgan fingerprint density at radius 1 is 1.53 bits per heavy atom. The molecule has 1 aliphatic rings. The van der Waals surface area contributed by atoms with Crippen molar-refractivity contribution >= 4 is 34.8 Å². The Labute approximate surface area is 110 Å². The summed E-state index contributed by atoms with van der Waals surface area (Å²) in [5, 5.41) is 0.922. The molecular formula is C10H14Cl2N4O. The van der Waals surface area contributed by atoms with E-state index in [4.69, 9.17) is 33.8 Å². The number of aromatic nitrogens is 1. The number of anilines is 2. The van der Waals surface area contributed by atoms with Crippen molar-refractivity contribution in [2.24, 2.45) is 5.84 Å². The van der Waals surface area contributed by atoms with Gasteiger partial charge in [0.25, 0.3) is 0 Å². The molecule has 3 N–H and O–H groups in total. The lowest BCUT2D eigenvalue weighted by atomic mass is 10.3. The predicted molar refractivity (Wildman–Crippen MR) is 69.7 cm³/mol. The van der Waals surface area contributed by atoms with Gasteiger partial charge in [-0.15, -0.1) is 0 Å². The van der Waals surface area contributed by atoms with Crippen LogP contribution in [0.15, 0.2) is 6.07 Å². The maximum absolute atomic E-state index is 6.14. The maximum Gasteiger partial charge on any atom is 0.161 e. The first kappa shape index (κ1) is 12.7. The molecule has 0 aromatic carbocycles. The number of rotatable bonds is 2. The van der Waals surface area contributed by atoms with Crippen LogP contribution in [-0.4, -0.2) is 30.8 Å². The monoisotopic (exact) mass is 276 g/mol. The number of hydrogen-bond donors (Lipinski definition) is 2. The Hall–Kier alpha value is -0.750. The number of hydrogen-bond acceptors (Lipinski definition) is 5. The number of pyridine rings is 1. The fourth-order valence-electron chi connectivity index (χ4n) is 1.79. The van der Waals surface area contributed by atoms with Crippen molar-refractivity contribution in [2.45, 2.75) is 13.0 Å². The lowest BCUT2D eigenvalue weighted by Gasteiger charge is -2.32. The van der Waals surface area contributed by atoms with Crippen LogP contribution in [0.2, 0.25) is 10.0 Å². The van der Waals surface area contributed by atoms with E-state index in [-0.39, 0.29) is 6.10 Å². The van der Waals surface area contributed by atoms with E-state index in [1.54, 1.807) is 6.07 Å². The summed E-state index contributed by atoms with van der Waals surface area (Å²) in [5.74, 6) is 6.44. The van der Waals surface area contributed by atoms with Crippen LogP contribution in [0, 0.1) is 0 Å². The van der Waals surface area contributed by atoms with Gasteiger partial charge in [0.1, 0.15) is 5.82 Å². The third kappa shape index (κ3) is 2.74. The van der Waals surface area contributed by atoms with Gasteiger partial charge in [-0.1, -0.05) is 23.2 Å². The zero-order valence-corrected chi connectivity index (χ0v) is 10.9. The Kier molecular flexibility index (Phi) is 3.93. The fraction of sp³-hybridized carbons (Fsp3) is 0.500. The summed E-state index contributed by atoms with van der Waals surface area (Å²) < 4.78 is 5.47. The van der Waals surface area contributed by atoms with Crippen molar-refractivity contribution in [3.63, 3.8) is 0 Å². The van der Waals surface area contributed by atoms with E-state index in [1.807, 2.05) is 6.92 Å². The van der Waals surface area contributed by atoms with Gasteiger partial charge in [0, 0.05) is 13.1 Å². The van der Waals surface area contributed by atoms with Crippen LogP contribution in [0.25, 0.3) is 0 Å². The highest BCUT2D eigenvalue weighted by molar-refractivity contribution is 6.37. The molecule has 0 spiro atoms. The SMILES string of the molecule is CC1CN(c2nc(NN)c(Cl)cc2Cl)CCO1. The van der Waals surface area contributed by atoms with E-state index in [9.17, 15) is 0 Å². The summed E-state index contributed by atoms with van der Waals surface area (Å²) in [6, 6.07) is 1.64. The Bertz CT molecular complexity index is 416. The molecule has 1 aromatic rings. The Balaban J connectivity index is 2.30. The van der Waals surface area contributed by atoms with Crippen molar-refractivity contribution in [1.82, 2.24) is 4.98 Å². The van der Waals surface area contributed by atoms with Crippen LogP contribution >= 0.6 is 23.2 Å². The van der Waals surface area contributed by atoms with Gasteiger partial charge in [0.15, 0.2) is 5.82 Å². The zero-order valence-electron chi connectivity index (χ0n) is 9.41. The third-order valence-electron chi connectivity index (χ3n) is 2.59. The van der Waals surface area contributed by atoms with E-state index in [0.29, 0.717) is 28.3 Å². The van der Waals surface area contributed by atoms with Gasteiger partial charge >= 0.3 is 0 Å². The van der Waals surface area contributed by atoms with E-state index in [1.165, 1.54) is 0 Å². The van der Waals surface area contributed by atoms with Crippen LogP contribution in [0.1, 0.15) is 6.92 Å². The molecule has 0 bridgehead atoms. The van der Waals surface area contributed by atoms with Crippen LogP contribution in [0.4, 0.5) is 11.6 Å². The number of nitrogens with one attached hydrogen (secondary N) is 1. The summed E-state index contributed by atoms with van der Waals surface area (Å²) in [6.45, 7) is 4.17. The van der Waals surface area contributed by atoms with Crippen LogP contribution in [-0.2, 0) is 4.74 Å². The summed E-state index contributed by atoms with van der Waals surface area (Å²) in [5.41, 5.74) is 2.45. The lowest BCUT2D eigenvalue weighted by molar-refractivity contribution is 0.0529. The second-order valence-electron chi connectivity index (χ2n) is 3.90. The topological polar surface area (TPSA) is 63.4 Å². The average Bonchev–Trinajstić information content (AvgIpc) is 2.29. The largest absolute Gasteiger partial charge is 0.375 e. The second kappa shape index (κ2) is 5.27. The molecule has 2 rings (SSSR count). The maximum atomic E-state index is 6.14. The quantitative estimate of drug-likeness (QED) is 0.638. The van der Waals surface area contributed by atoms with E-state index >= 15 is 0 Å². The van der Waals surface area contributed by atoms with Gasteiger partial charge in [0.2, 0.25) is 0 Å². The van der Waals surface area contributed by atoms with Crippen molar-refractivity contribution in [3.05, 3.63) is 16.1 Å². The van der Waals surface area contributed by atoms with Crippen LogP contribution < -0.4 is 16.2 Å². The number of hydrazine groups is 1. The number of nitrogens with two attached hydrogens (primary N) is 1. The normalized spacial score (nSPS) is 20.5. The Morgan fingerprint density at radius 3 is 2.94 bits per heavy atom. The average molecular weight is 277 g/mol. The minimum absolute atomic E-state index is 0.159. The molecule has 0 amide bonds. The smallest absolute Gasteiger partial charge is 0.161 e. The van der Waals surface area contributed by atoms with Gasteiger partial charge in [-0.05, 0) is 13.0 Å². The molecule has 2 heterocycles. The number of morpholine rings is 1. The van der Waals surface area contributed by atoms with Crippen LogP contribution in [0.3, 0.4) is 0 Å². The first-order valence-electron chi connectivity index (χ1n) is 5.31. The first-order valence-corrected chi connectivity index (χ1v) is 6.06. The van der Waals surface area contributed by atoms with Gasteiger partial charge in [-0.25, -0.2) is 10.8 Å². The van der Waals surface area contributed by atoms with Gasteiger partial charge in [0.05, 0.1) is 22.8 Å². The minimum atomic E-state index is 0.159. The highest BCUT2D eigenvalue weighted by Gasteiger charge is 2.21. The number of nitrogens with zero attached hydrogens (tertiary/aromatic N) is 2. The summed E-state index contributed by atoms with van der Waals surface area (Å²) in [4.78, 5) is 6.38. The molecule has 0 aliphatic carbocycles. The van der Waals surface area contributed by atoms with E-state index in [2.05, 4.69) is 15.3 Å². The summed E-state index contributed by atoms with van der Waals surface area (Å²) in [6.07, 6.45) is 0.159. The molecule has 1 saturated heterocycles. The highest BCUT2D eigenvalue weighted by atomic mass is 35.5. The molecule has 0 radical (unpaired) electrons. The zero-order chi connectivity index (χ0) is 12.4. The molecule has 1 atom stereocenters. The number of nitrogen functional groups attached to an aromatic ring is 1. The van der Waals surface area contributed by atoms with Crippen molar-refractivity contribution < 1.29 is 4.74 Å². The van der Waals surface area contributed by atoms with E-state index < -0.39 is 0 Å². The van der Waals surface area contributed by atoms with Gasteiger partial charge < -0.3 is 15.1 Å². The Morgan fingerprint density at radius 2 is 2.29 bits per heavy atom. The molecule has 7 heteroatoms. The third-order valence-corrected chi connectivity index (χ3v) is 3.15. The first-order chi connectivity index (χ1) is 8.11. The highest BCUT2D eigenvalue weighted by Crippen LogP contribution is 2.31. The molecule has 5 nitrogen and oxygen atoms in total. The van der Waals surface area contributed by atoms with E-state index in [0.717, 1.165) is 13.1 Å². The lowest BCUT2D eigenvalue weighted by Crippen LogP contribution is -2.41.